The van der Waals surface area contributed by atoms with Crippen LogP contribution < -0.4 is 0 Å². The molecule has 0 amide bonds. The standard InChI is InChI=1S/C14H27NO3S2/c1-20(17,18)15-8-4-5-12(10-15)9-13(16)11-19-14-6-2-3-7-14/h12-14,16H,2-11H2,1H3. The minimum atomic E-state index is -3.07. The first kappa shape index (κ1) is 16.6. The smallest absolute Gasteiger partial charge is 0.211 e. The van der Waals surface area contributed by atoms with E-state index in [2.05, 4.69) is 0 Å². The van der Waals surface area contributed by atoms with Gasteiger partial charge in [0, 0.05) is 24.1 Å². The number of hydrogen-bond acceptors (Lipinski definition) is 4. The number of nitrogens with zero attached hydrogens (tertiary/aromatic N) is 1. The van der Waals surface area contributed by atoms with Crippen molar-refractivity contribution in [1.29, 1.82) is 0 Å². The summed E-state index contributed by atoms with van der Waals surface area (Å²) in [7, 11) is -3.07. The van der Waals surface area contributed by atoms with Gasteiger partial charge in [-0.1, -0.05) is 12.8 Å². The van der Waals surface area contributed by atoms with Crippen LogP contribution in [0.1, 0.15) is 44.9 Å². The molecule has 20 heavy (non-hydrogen) atoms. The average Bonchev–Trinajstić information content (AvgIpc) is 2.89. The Morgan fingerprint density at radius 2 is 1.95 bits per heavy atom. The van der Waals surface area contributed by atoms with Crippen LogP contribution in [0.2, 0.25) is 0 Å². The van der Waals surface area contributed by atoms with Crippen LogP contribution in [0.25, 0.3) is 0 Å². The molecule has 2 rings (SSSR count). The van der Waals surface area contributed by atoms with E-state index in [9.17, 15) is 13.5 Å². The molecule has 1 saturated carbocycles. The van der Waals surface area contributed by atoms with Crippen LogP contribution in [-0.2, 0) is 10.0 Å². The number of hydrogen-bond donors (Lipinski definition) is 1. The molecule has 0 aromatic heterocycles. The second-order valence-corrected chi connectivity index (χ2v) is 9.57. The largest absolute Gasteiger partial charge is 0.392 e. The fourth-order valence-electron chi connectivity index (χ4n) is 3.28. The highest BCUT2D eigenvalue weighted by molar-refractivity contribution is 7.99. The fraction of sp³-hybridized carbons (Fsp3) is 1.00. The number of rotatable bonds is 6. The molecule has 1 aliphatic heterocycles. The van der Waals surface area contributed by atoms with E-state index in [0.29, 0.717) is 19.0 Å². The Morgan fingerprint density at radius 1 is 1.25 bits per heavy atom. The molecule has 4 nitrogen and oxygen atoms in total. The van der Waals surface area contributed by atoms with Gasteiger partial charge in [0.25, 0.3) is 0 Å². The van der Waals surface area contributed by atoms with Crippen molar-refractivity contribution in [1.82, 2.24) is 4.31 Å². The Bertz CT molecular complexity index is 393. The molecule has 2 unspecified atom stereocenters. The lowest BCUT2D eigenvalue weighted by Gasteiger charge is -2.32. The maximum atomic E-state index is 11.6. The highest BCUT2D eigenvalue weighted by Crippen LogP contribution is 2.31. The Morgan fingerprint density at radius 3 is 2.60 bits per heavy atom. The molecule has 6 heteroatoms. The van der Waals surface area contributed by atoms with Gasteiger partial charge in [-0.25, -0.2) is 12.7 Å². The van der Waals surface area contributed by atoms with Gasteiger partial charge in [-0.15, -0.1) is 0 Å². The topological polar surface area (TPSA) is 57.6 Å². The van der Waals surface area contributed by atoms with E-state index in [1.807, 2.05) is 11.8 Å². The van der Waals surface area contributed by atoms with Gasteiger partial charge in [-0.05, 0) is 38.0 Å². The molecule has 118 valence electrons. The molecule has 0 aromatic rings. The van der Waals surface area contributed by atoms with Gasteiger partial charge in [0.1, 0.15) is 0 Å². The minimum absolute atomic E-state index is 0.287. The summed E-state index contributed by atoms with van der Waals surface area (Å²) in [6.45, 7) is 1.23. The molecule has 0 aromatic carbocycles. The van der Waals surface area contributed by atoms with Crippen molar-refractivity contribution in [2.24, 2.45) is 5.92 Å². The highest BCUT2D eigenvalue weighted by atomic mass is 32.2. The van der Waals surface area contributed by atoms with Gasteiger partial charge in [0.2, 0.25) is 10.0 Å². The summed E-state index contributed by atoms with van der Waals surface area (Å²) in [4.78, 5) is 0. The summed E-state index contributed by atoms with van der Waals surface area (Å²) in [5.74, 6) is 1.12. The molecule has 0 spiro atoms. The molecule has 1 N–H and O–H groups in total. The van der Waals surface area contributed by atoms with Crippen LogP contribution in [0, 0.1) is 5.92 Å². The van der Waals surface area contributed by atoms with E-state index in [1.54, 1.807) is 4.31 Å². The van der Waals surface area contributed by atoms with Gasteiger partial charge >= 0.3 is 0 Å². The Balaban J connectivity index is 1.71. The zero-order chi connectivity index (χ0) is 14.6. The maximum absolute atomic E-state index is 11.6. The zero-order valence-corrected chi connectivity index (χ0v) is 14.0. The summed E-state index contributed by atoms with van der Waals surface area (Å²) in [6, 6.07) is 0. The first-order valence-corrected chi connectivity index (χ1v) is 10.6. The Labute approximate surface area is 127 Å². The number of piperidine rings is 1. The predicted octanol–water partition coefficient (Wildman–Crippen LogP) is 2.08. The first-order chi connectivity index (χ1) is 9.45. The Hall–Kier alpha value is 0.220. The second kappa shape index (κ2) is 7.47. The van der Waals surface area contributed by atoms with E-state index in [0.717, 1.165) is 30.3 Å². The lowest BCUT2D eigenvalue weighted by Crippen LogP contribution is -2.40. The van der Waals surface area contributed by atoms with E-state index >= 15 is 0 Å². The SMILES string of the molecule is CS(=O)(=O)N1CCCC(CC(O)CSC2CCCC2)C1. The quantitative estimate of drug-likeness (QED) is 0.814. The van der Waals surface area contributed by atoms with Gasteiger partial charge in [0.05, 0.1) is 12.4 Å². The number of thioether (sulfide) groups is 1. The third-order valence-corrected chi connectivity index (χ3v) is 7.17. The molecule has 0 bridgehead atoms. The van der Waals surface area contributed by atoms with Crippen molar-refractivity contribution in [2.75, 3.05) is 25.1 Å². The van der Waals surface area contributed by atoms with E-state index < -0.39 is 10.0 Å². The summed E-state index contributed by atoms with van der Waals surface area (Å²) in [6.07, 6.45) is 8.94. The van der Waals surface area contributed by atoms with Gasteiger partial charge in [-0.2, -0.15) is 11.8 Å². The summed E-state index contributed by atoms with van der Waals surface area (Å²) < 4.78 is 24.7. The van der Waals surface area contributed by atoms with Crippen molar-refractivity contribution in [3.05, 3.63) is 0 Å². The van der Waals surface area contributed by atoms with Crippen molar-refractivity contribution >= 4 is 21.8 Å². The van der Waals surface area contributed by atoms with Crippen molar-refractivity contribution in [2.45, 2.75) is 56.3 Å². The van der Waals surface area contributed by atoms with Crippen LogP contribution in [-0.4, -0.2) is 54.3 Å². The fourth-order valence-corrected chi connectivity index (χ4v) is 5.51. The minimum Gasteiger partial charge on any atom is -0.392 e. The van der Waals surface area contributed by atoms with Gasteiger partial charge in [-0.3, -0.25) is 0 Å². The molecule has 1 aliphatic carbocycles. The van der Waals surface area contributed by atoms with E-state index in [4.69, 9.17) is 0 Å². The van der Waals surface area contributed by atoms with Crippen LogP contribution in [0.15, 0.2) is 0 Å². The van der Waals surface area contributed by atoms with Crippen molar-refractivity contribution in [3.63, 3.8) is 0 Å². The molecule has 2 aliphatic rings. The highest BCUT2D eigenvalue weighted by Gasteiger charge is 2.27. The monoisotopic (exact) mass is 321 g/mol. The van der Waals surface area contributed by atoms with Gasteiger partial charge < -0.3 is 5.11 Å². The summed E-state index contributed by atoms with van der Waals surface area (Å²) in [5, 5.41) is 10.9. The van der Waals surface area contributed by atoms with Crippen LogP contribution >= 0.6 is 11.8 Å². The first-order valence-electron chi connectivity index (χ1n) is 7.70. The number of sulfonamides is 1. The van der Waals surface area contributed by atoms with E-state index in [1.165, 1.54) is 31.9 Å². The number of aliphatic hydroxyl groups is 1. The molecule has 2 atom stereocenters. The molecule has 1 heterocycles. The third kappa shape index (κ3) is 5.20. The average molecular weight is 322 g/mol. The molecule has 1 saturated heterocycles. The van der Waals surface area contributed by atoms with E-state index in [-0.39, 0.29) is 6.10 Å². The van der Waals surface area contributed by atoms with Crippen molar-refractivity contribution in [3.8, 4) is 0 Å². The van der Waals surface area contributed by atoms with Crippen LogP contribution in [0.3, 0.4) is 0 Å². The van der Waals surface area contributed by atoms with Crippen LogP contribution in [0.5, 0.6) is 0 Å². The van der Waals surface area contributed by atoms with Crippen LogP contribution in [0.4, 0.5) is 0 Å². The zero-order valence-electron chi connectivity index (χ0n) is 12.3. The summed E-state index contributed by atoms with van der Waals surface area (Å²) >= 11 is 1.91. The lowest BCUT2D eigenvalue weighted by atomic mass is 9.94. The normalized spacial score (nSPS) is 27.8. The Kier molecular flexibility index (Phi) is 6.20. The second-order valence-electron chi connectivity index (χ2n) is 6.26. The number of aliphatic hydroxyl groups excluding tert-OH is 1. The van der Waals surface area contributed by atoms with Crippen molar-refractivity contribution < 1.29 is 13.5 Å². The molecule has 2 fully saturated rings. The van der Waals surface area contributed by atoms with Gasteiger partial charge in [0.15, 0.2) is 0 Å². The molecular weight excluding hydrogens is 294 g/mol. The maximum Gasteiger partial charge on any atom is 0.211 e. The lowest BCUT2D eigenvalue weighted by molar-refractivity contribution is 0.140. The molecule has 0 radical (unpaired) electrons. The summed E-state index contributed by atoms with van der Waals surface area (Å²) in [5.41, 5.74) is 0. The predicted molar refractivity (Wildman–Crippen MR) is 84.5 cm³/mol. The molecular formula is C14H27NO3S2. The third-order valence-electron chi connectivity index (χ3n) is 4.38.